The van der Waals surface area contributed by atoms with Crippen molar-refractivity contribution < 1.29 is 14.1 Å². The molecule has 1 aliphatic heterocycles. The Morgan fingerprint density at radius 1 is 1.45 bits per heavy atom. The second-order valence-electron chi connectivity index (χ2n) is 4.85. The molecule has 2 heterocycles. The van der Waals surface area contributed by atoms with Gasteiger partial charge in [-0.2, -0.15) is 0 Å². The normalized spacial score (nSPS) is 16.6. The molecule has 1 N–H and O–H groups in total. The Kier molecular flexibility index (Phi) is 3.14. The maximum atomic E-state index is 12.3. The molecule has 0 radical (unpaired) electrons. The van der Waals surface area contributed by atoms with Crippen molar-refractivity contribution >= 4 is 23.3 Å². The number of anilines is 1. The van der Waals surface area contributed by atoms with E-state index in [0.29, 0.717) is 27.9 Å². The lowest BCUT2D eigenvalue weighted by atomic mass is 10.1. The van der Waals surface area contributed by atoms with Gasteiger partial charge in [0.15, 0.2) is 5.82 Å². The third kappa shape index (κ3) is 2.36. The standard InChI is InChI=1S/C14H13ClN2O3/c1-7-3-9-5-10(15)6-11(13(9)19-7)14(18)16-12-4-8(2)20-17-12/h4-7H,3H2,1-2H3,(H,16,17,18)/t7-/m1/s1. The van der Waals surface area contributed by atoms with Crippen LogP contribution in [-0.2, 0) is 6.42 Å². The zero-order chi connectivity index (χ0) is 14.3. The third-order valence-corrected chi connectivity index (χ3v) is 3.29. The van der Waals surface area contributed by atoms with E-state index in [9.17, 15) is 4.79 Å². The number of aromatic nitrogens is 1. The minimum Gasteiger partial charge on any atom is -0.489 e. The summed E-state index contributed by atoms with van der Waals surface area (Å²) in [5.41, 5.74) is 1.36. The average Bonchev–Trinajstić information content (AvgIpc) is 2.93. The molecule has 5 nitrogen and oxygen atoms in total. The number of amides is 1. The van der Waals surface area contributed by atoms with Crippen molar-refractivity contribution in [2.75, 3.05) is 5.32 Å². The van der Waals surface area contributed by atoms with Crippen molar-refractivity contribution in [3.05, 3.63) is 40.1 Å². The lowest BCUT2D eigenvalue weighted by Crippen LogP contribution is -2.14. The molecule has 0 spiro atoms. The zero-order valence-corrected chi connectivity index (χ0v) is 11.8. The summed E-state index contributed by atoms with van der Waals surface area (Å²) in [5.74, 6) is 1.28. The molecule has 1 amide bonds. The number of halogens is 1. The van der Waals surface area contributed by atoms with Crippen molar-refractivity contribution in [1.82, 2.24) is 5.16 Å². The summed E-state index contributed by atoms with van der Waals surface area (Å²) < 4.78 is 10.6. The highest BCUT2D eigenvalue weighted by atomic mass is 35.5. The van der Waals surface area contributed by atoms with E-state index in [2.05, 4.69) is 10.5 Å². The Balaban J connectivity index is 1.92. The van der Waals surface area contributed by atoms with Gasteiger partial charge in [-0.25, -0.2) is 0 Å². The van der Waals surface area contributed by atoms with Gasteiger partial charge < -0.3 is 14.6 Å². The van der Waals surface area contributed by atoms with Crippen LogP contribution in [-0.4, -0.2) is 17.2 Å². The Hall–Kier alpha value is -2.01. The van der Waals surface area contributed by atoms with Crippen LogP contribution in [0.2, 0.25) is 5.02 Å². The molecule has 1 aromatic heterocycles. The second-order valence-corrected chi connectivity index (χ2v) is 5.29. The molecule has 0 bridgehead atoms. The van der Waals surface area contributed by atoms with E-state index in [0.717, 1.165) is 12.0 Å². The molecule has 1 aliphatic rings. The minimum atomic E-state index is -0.314. The summed E-state index contributed by atoms with van der Waals surface area (Å²) in [6.07, 6.45) is 0.795. The number of hydrogen-bond acceptors (Lipinski definition) is 4. The van der Waals surface area contributed by atoms with Gasteiger partial charge in [-0.15, -0.1) is 0 Å². The van der Waals surface area contributed by atoms with Crippen molar-refractivity contribution in [1.29, 1.82) is 0 Å². The molecule has 0 aliphatic carbocycles. The van der Waals surface area contributed by atoms with Gasteiger partial charge in [-0.3, -0.25) is 4.79 Å². The van der Waals surface area contributed by atoms with E-state index < -0.39 is 0 Å². The van der Waals surface area contributed by atoms with E-state index in [4.69, 9.17) is 20.9 Å². The molecule has 20 heavy (non-hydrogen) atoms. The van der Waals surface area contributed by atoms with Gasteiger partial charge in [0, 0.05) is 23.1 Å². The molecule has 0 unspecified atom stereocenters. The highest BCUT2D eigenvalue weighted by molar-refractivity contribution is 6.31. The Labute approximate surface area is 120 Å². The molecule has 0 saturated heterocycles. The quantitative estimate of drug-likeness (QED) is 0.923. The summed E-state index contributed by atoms with van der Waals surface area (Å²) in [5, 5.41) is 6.92. The first-order chi connectivity index (χ1) is 9.52. The van der Waals surface area contributed by atoms with E-state index in [1.54, 1.807) is 19.1 Å². The number of rotatable bonds is 2. The fraction of sp³-hybridized carbons (Fsp3) is 0.286. The van der Waals surface area contributed by atoms with Gasteiger partial charge in [-0.05, 0) is 26.0 Å². The van der Waals surface area contributed by atoms with Crippen LogP contribution in [0.4, 0.5) is 5.82 Å². The third-order valence-electron chi connectivity index (χ3n) is 3.07. The molecule has 3 rings (SSSR count). The van der Waals surface area contributed by atoms with Gasteiger partial charge in [0.2, 0.25) is 0 Å². The Bertz CT molecular complexity index is 681. The highest BCUT2D eigenvalue weighted by Crippen LogP contribution is 2.35. The summed E-state index contributed by atoms with van der Waals surface area (Å²) >= 11 is 6.06. The fourth-order valence-electron chi connectivity index (χ4n) is 2.27. The molecule has 104 valence electrons. The summed E-state index contributed by atoms with van der Waals surface area (Å²) in [6, 6.07) is 5.07. The molecular weight excluding hydrogens is 280 g/mol. The van der Waals surface area contributed by atoms with Crippen LogP contribution < -0.4 is 10.1 Å². The summed E-state index contributed by atoms with van der Waals surface area (Å²) in [6.45, 7) is 3.71. The number of ether oxygens (including phenoxy) is 1. The van der Waals surface area contributed by atoms with Gasteiger partial charge in [-0.1, -0.05) is 16.8 Å². The molecule has 0 fully saturated rings. The van der Waals surface area contributed by atoms with Crippen LogP contribution >= 0.6 is 11.6 Å². The SMILES string of the molecule is Cc1cc(NC(=O)c2cc(Cl)cc3c2O[C@H](C)C3)no1. The molecular formula is C14H13ClN2O3. The first-order valence-electron chi connectivity index (χ1n) is 6.26. The van der Waals surface area contributed by atoms with Crippen molar-refractivity contribution in [2.24, 2.45) is 0 Å². The zero-order valence-electron chi connectivity index (χ0n) is 11.1. The number of carbonyl (C=O) groups is 1. The van der Waals surface area contributed by atoms with Gasteiger partial charge in [0.05, 0.1) is 5.56 Å². The number of hydrogen-bond donors (Lipinski definition) is 1. The van der Waals surface area contributed by atoms with Crippen LogP contribution in [0.5, 0.6) is 5.75 Å². The minimum absolute atomic E-state index is 0.0457. The molecule has 6 heteroatoms. The Morgan fingerprint density at radius 2 is 2.25 bits per heavy atom. The first kappa shape index (κ1) is 13.0. The number of nitrogens with one attached hydrogen (secondary N) is 1. The molecule has 1 aromatic carbocycles. The Morgan fingerprint density at radius 3 is 2.95 bits per heavy atom. The maximum Gasteiger partial charge on any atom is 0.260 e. The smallest absolute Gasteiger partial charge is 0.260 e. The summed E-state index contributed by atoms with van der Waals surface area (Å²) in [7, 11) is 0. The van der Waals surface area contributed by atoms with Gasteiger partial charge in [0.1, 0.15) is 17.6 Å². The van der Waals surface area contributed by atoms with Crippen LogP contribution in [0.1, 0.15) is 28.6 Å². The fourth-order valence-corrected chi connectivity index (χ4v) is 2.51. The van der Waals surface area contributed by atoms with Crippen molar-refractivity contribution in [3.63, 3.8) is 0 Å². The number of aryl methyl sites for hydroxylation is 1. The highest BCUT2D eigenvalue weighted by Gasteiger charge is 2.26. The number of carbonyl (C=O) groups excluding carboxylic acids is 1. The largest absolute Gasteiger partial charge is 0.489 e. The number of fused-ring (bicyclic) bond motifs is 1. The van der Waals surface area contributed by atoms with Crippen LogP contribution in [0.15, 0.2) is 22.7 Å². The molecule has 2 aromatic rings. The van der Waals surface area contributed by atoms with Crippen LogP contribution in [0.25, 0.3) is 0 Å². The van der Waals surface area contributed by atoms with Crippen LogP contribution in [0.3, 0.4) is 0 Å². The number of benzene rings is 1. The van der Waals surface area contributed by atoms with Crippen LogP contribution in [0, 0.1) is 6.92 Å². The predicted octanol–water partition coefficient (Wildman–Crippen LogP) is 3.21. The second kappa shape index (κ2) is 4.83. The van der Waals surface area contributed by atoms with Gasteiger partial charge in [0.25, 0.3) is 5.91 Å². The lowest BCUT2D eigenvalue weighted by molar-refractivity contribution is 0.102. The monoisotopic (exact) mass is 292 g/mol. The maximum absolute atomic E-state index is 12.3. The van der Waals surface area contributed by atoms with Crippen molar-refractivity contribution in [3.8, 4) is 5.75 Å². The molecule has 0 saturated carbocycles. The van der Waals surface area contributed by atoms with E-state index in [-0.39, 0.29) is 12.0 Å². The molecule has 1 atom stereocenters. The summed E-state index contributed by atoms with van der Waals surface area (Å²) in [4.78, 5) is 12.3. The van der Waals surface area contributed by atoms with E-state index in [1.807, 2.05) is 13.0 Å². The average molecular weight is 293 g/mol. The topological polar surface area (TPSA) is 64.4 Å². The van der Waals surface area contributed by atoms with E-state index in [1.165, 1.54) is 0 Å². The first-order valence-corrected chi connectivity index (χ1v) is 6.64. The van der Waals surface area contributed by atoms with E-state index >= 15 is 0 Å². The van der Waals surface area contributed by atoms with Crippen molar-refractivity contribution in [2.45, 2.75) is 26.4 Å². The lowest BCUT2D eigenvalue weighted by Gasteiger charge is -2.09. The van der Waals surface area contributed by atoms with Gasteiger partial charge >= 0.3 is 0 Å². The predicted molar refractivity (Wildman–Crippen MR) is 74.4 cm³/mol. The number of nitrogens with zero attached hydrogens (tertiary/aromatic N) is 1.